The Morgan fingerprint density at radius 3 is 1.67 bits per heavy atom. The van der Waals surface area contributed by atoms with Crippen molar-refractivity contribution in [3.05, 3.63) is 0 Å². The number of rotatable bonds is 0. The second-order valence-electron chi connectivity index (χ2n) is 1.65. The van der Waals surface area contributed by atoms with Crippen LogP contribution in [0.2, 0.25) is 0 Å². The predicted molar refractivity (Wildman–Crippen MR) is 40.4 cm³/mol. The smallest absolute Gasteiger partial charge is 0.219 e. The lowest BCUT2D eigenvalue weighted by molar-refractivity contribution is 0.591. The molecule has 2 heteroatoms. The van der Waals surface area contributed by atoms with Crippen LogP contribution < -0.4 is 0 Å². The fourth-order valence-corrected chi connectivity index (χ4v) is 1.36. The molecule has 0 rings (SSSR count). The molecular weight excluding hydrogens is 131 g/mol. The summed E-state index contributed by atoms with van der Waals surface area (Å²) in [6.45, 7) is 4.89. The van der Waals surface area contributed by atoms with Crippen LogP contribution in [-0.4, -0.2) is 6.66 Å². The first-order chi connectivity index (χ1) is 4.12. The number of hydrogen-bond acceptors (Lipinski definition) is 1. The van der Waals surface area contributed by atoms with Crippen molar-refractivity contribution in [2.75, 3.05) is 6.66 Å². The van der Waals surface area contributed by atoms with Gasteiger partial charge in [-0.1, -0.05) is 11.8 Å². The van der Waals surface area contributed by atoms with E-state index in [-0.39, 0.29) is 0 Å². The van der Waals surface area contributed by atoms with Gasteiger partial charge in [0.1, 0.15) is 0 Å². The monoisotopic (exact) mass is 140 g/mol. The van der Waals surface area contributed by atoms with Gasteiger partial charge in [0.15, 0.2) is 0 Å². The van der Waals surface area contributed by atoms with Crippen LogP contribution in [0.15, 0.2) is 0 Å². The molecule has 0 aromatic carbocycles. The van der Waals surface area contributed by atoms with Gasteiger partial charge in [-0.05, 0) is 25.2 Å². The third-order valence-electron chi connectivity index (χ3n) is 0.650. The highest BCUT2D eigenvalue weighted by Crippen LogP contribution is 2.37. The zero-order valence-corrected chi connectivity index (χ0v) is 6.75. The van der Waals surface area contributed by atoms with Crippen LogP contribution in [0.1, 0.15) is 13.8 Å². The highest BCUT2D eigenvalue weighted by Gasteiger charge is 2.02. The topological polar surface area (TPSA) is 17.1 Å². The summed E-state index contributed by atoms with van der Waals surface area (Å²) < 4.78 is 11.1. The van der Waals surface area contributed by atoms with Crippen LogP contribution >= 0.6 is 7.14 Å². The van der Waals surface area contributed by atoms with Crippen LogP contribution in [0.4, 0.5) is 0 Å². The predicted octanol–water partition coefficient (Wildman–Crippen LogP) is 1.94. The Kier molecular flexibility index (Phi) is 3.15. The van der Waals surface area contributed by atoms with Crippen LogP contribution in [0.25, 0.3) is 0 Å². The first-order valence-electron chi connectivity index (χ1n) is 2.58. The fourth-order valence-electron chi connectivity index (χ4n) is 0.455. The van der Waals surface area contributed by atoms with E-state index in [2.05, 4.69) is 23.2 Å². The van der Waals surface area contributed by atoms with Crippen LogP contribution in [0, 0.1) is 23.2 Å². The third-order valence-corrected chi connectivity index (χ3v) is 1.95. The van der Waals surface area contributed by atoms with Crippen LogP contribution in [-0.2, 0) is 4.57 Å². The van der Waals surface area contributed by atoms with Crippen molar-refractivity contribution in [3.8, 4) is 23.2 Å². The summed E-state index contributed by atoms with van der Waals surface area (Å²) >= 11 is 0. The molecule has 0 aliphatic heterocycles. The minimum absolute atomic E-state index is 1.57. The molecule has 0 radical (unpaired) electrons. The lowest BCUT2D eigenvalue weighted by Crippen LogP contribution is -1.65. The lowest BCUT2D eigenvalue weighted by atomic mass is 10.8. The summed E-state index contributed by atoms with van der Waals surface area (Å²) in [5, 5.41) is 0. The normalized spacial score (nSPS) is 8.33. The van der Waals surface area contributed by atoms with E-state index in [4.69, 9.17) is 0 Å². The second-order valence-corrected chi connectivity index (χ2v) is 3.94. The standard InChI is InChI=1S/C7H9OP/c1-4-6-9(3,8)7-5-2/h1-3H3. The maximum atomic E-state index is 11.1. The average molecular weight is 140 g/mol. The van der Waals surface area contributed by atoms with Crippen molar-refractivity contribution in [3.63, 3.8) is 0 Å². The van der Waals surface area contributed by atoms with Gasteiger partial charge < -0.3 is 0 Å². The van der Waals surface area contributed by atoms with Crippen molar-refractivity contribution >= 4 is 7.14 Å². The second kappa shape index (κ2) is 3.39. The van der Waals surface area contributed by atoms with E-state index >= 15 is 0 Å². The van der Waals surface area contributed by atoms with E-state index < -0.39 is 7.14 Å². The third kappa shape index (κ3) is 3.89. The largest absolute Gasteiger partial charge is 0.296 e. The Labute approximate surface area is 56.2 Å². The molecule has 0 amide bonds. The van der Waals surface area contributed by atoms with E-state index in [1.54, 1.807) is 20.5 Å². The molecule has 0 N–H and O–H groups in total. The maximum absolute atomic E-state index is 11.1. The Bertz CT molecular complexity index is 220. The molecule has 48 valence electrons. The van der Waals surface area contributed by atoms with Gasteiger partial charge in [0.05, 0.1) is 0 Å². The molecule has 0 aromatic heterocycles. The molecule has 0 spiro atoms. The Balaban J connectivity index is 4.47. The molecule has 0 saturated heterocycles. The van der Waals surface area contributed by atoms with Gasteiger partial charge >= 0.3 is 0 Å². The molecule has 0 atom stereocenters. The highest BCUT2D eigenvalue weighted by molar-refractivity contribution is 7.73. The van der Waals surface area contributed by atoms with Crippen molar-refractivity contribution in [2.24, 2.45) is 0 Å². The fraction of sp³-hybridized carbons (Fsp3) is 0.429. The van der Waals surface area contributed by atoms with Crippen LogP contribution in [0.3, 0.4) is 0 Å². The molecule has 0 aromatic rings. The summed E-state index contributed by atoms with van der Waals surface area (Å²) in [6, 6.07) is 0. The molecule has 0 fully saturated rings. The van der Waals surface area contributed by atoms with Gasteiger partial charge in [0, 0.05) is 6.66 Å². The number of hydrogen-bond donors (Lipinski definition) is 0. The van der Waals surface area contributed by atoms with Gasteiger partial charge in [0.2, 0.25) is 7.14 Å². The molecule has 0 aliphatic rings. The molecule has 1 nitrogen and oxygen atoms in total. The average Bonchev–Trinajstić information content (AvgIpc) is 1.64. The molecular formula is C7H9OP. The maximum Gasteiger partial charge on any atom is 0.219 e. The minimum Gasteiger partial charge on any atom is -0.296 e. The first kappa shape index (κ1) is 8.35. The molecule has 0 unspecified atom stereocenters. The first-order valence-corrected chi connectivity index (χ1v) is 4.73. The Morgan fingerprint density at radius 1 is 1.11 bits per heavy atom. The molecule has 9 heavy (non-hydrogen) atoms. The molecule has 0 bridgehead atoms. The zero-order chi connectivity index (χ0) is 7.33. The summed E-state index contributed by atoms with van der Waals surface area (Å²) in [6.07, 6.45) is 0. The lowest BCUT2D eigenvalue weighted by Gasteiger charge is -1.88. The van der Waals surface area contributed by atoms with Gasteiger partial charge in [-0.2, -0.15) is 0 Å². The zero-order valence-electron chi connectivity index (χ0n) is 5.86. The Hall–Kier alpha value is -0.650. The van der Waals surface area contributed by atoms with Crippen molar-refractivity contribution in [1.82, 2.24) is 0 Å². The quantitative estimate of drug-likeness (QED) is 0.371. The van der Waals surface area contributed by atoms with Crippen molar-refractivity contribution in [2.45, 2.75) is 13.8 Å². The van der Waals surface area contributed by atoms with E-state index in [1.165, 1.54) is 0 Å². The van der Waals surface area contributed by atoms with Gasteiger partial charge in [-0.15, -0.1) is 0 Å². The summed E-state index contributed by atoms with van der Waals surface area (Å²) in [4.78, 5) is 0. The van der Waals surface area contributed by atoms with E-state index in [9.17, 15) is 4.57 Å². The summed E-state index contributed by atoms with van der Waals surface area (Å²) in [5.41, 5.74) is 5.11. The van der Waals surface area contributed by atoms with E-state index in [0.29, 0.717) is 0 Å². The van der Waals surface area contributed by atoms with Gasteiger partial charge in [0.25, 0.3) is 0 Å². The van der Waals surface area contributed by atoms with E-state index in [1.807, 2.05) is 0 Å². The van der Waals surface area contributed by atoms with Crippen LogP contribution in [0.5, 0.6) is 0 Å². The van der Waals surface area contributed by atoms with Gasteiger partial charge in [-0.3, -0.25) is 4.57 Å². The Morgan fingerprint density at radius 2 is 1.44 bits per heavy atom. The highest BCUT2D eigenvalue weighted by atomic mass is 31.2. The van der Waals surface area contributed by atoms with E-state index in [0.717, 1.165) is 0 Å². The molecule has 0 saturated carbocycles. The summed E-state index contributed by atoms with van der Waals surface area (Å²) in [5.74, 6) is 5.15. The van der Waals surface area contributed by atoms with Crippen molar-refractivity contribution < 1.29 is 4.57 Å². The SMILES string of the molecule is CC#CP(C)(=O)C#CC. The minimum atomic E-state index is -2.41. The molecule has 0 heterocycles. The molecule has 0 aliphatic carbocycles. The summed E-state index contributed by atoms with van der Waals surface area (Å²) in [7, 11) is -2.41. The van der Waals surface area contributed by atoms with Gasteiger partial charge in [-0.25, -0.2) is 0 Å². The van der Waals surface area contributed by atoms with Crippen molar-refractivity contribution in [1.29, 1.82) is 0 Å².